The number of thiophene rings is 1. The van der Waals surface area contributed by atoms with Gasteiger partial charge in [0, 0.05) is 4.88 Å². The zero-order chi connectivity index (χ0) is 14.8. The summed E-state index contributed by atoms with van der Waals surface area (Å²) in [6.45, 7) is 1.83. The number of fused-ring (bicyclic) bond motifs is 1. The Morgan fingerprint density at radius 3 is 3.05 bits per heavy atom. The molecule has 4 nitrogen and oxygen atoms in total. The van der Waals surface area contributed by atoms with E-state index in [1.54, 1.807) is 6.07 Å². The van der Waals surface area contributed by atoms with Gasteiger partial charge in [0.2, 0.25) is 0 Å². The quantitative estimate of drug-likeness (QED) is 0.878. The summed E-state index contributed by atoms with van der Waals surface area (Å²) in [5.41, 5.74) is 2.60. The highest BCUT2D eigenvalue weighted by molar-refractivity contribution is 7.10. The molecule has 0 aromatic carbocycles. The van der Waals surface area contributed by atoms with Gasteiger partial charge in [-0.05, 0) is 55.3 Å². The van der Waals surface area contributed by atoms with Crippen molar-refractivity contribution >= 4 is 23.1 Å². The molecule has 0 saturated carbocycles. The molecular weight excluding hydrogens is 284 g/mol. The lowest BCUT2D eigenvalue weighted by Crippen LogP contribution is -2.17. The zero-order valence-corrected chi connectivity index (χ0v) is 13.0. The van der Waals surface area contributed by atoms with Crippen LogP contribution in [0.3, 0.4) is 0 Å². The first kappa shape index (κ1) is 14.1. The monoisotopic (exact) mass is 302 g/mol. The molecule has 3 rings (SSSR count). The summed E-state index contributed by atoms with van der Waals surface area (Å²) < 4.78 is 4.75. The van der Waals surface area contributed by atoms with Gasteiger partial charge in [-0.1, -0.05) is 0 Å². The molecule has 1 unspecified atom stereocenters. The van der Waals surface area contributed by atoms with Gasteiger partial charge in [-0.15, -0.1) is 11.3 Å². The van der Waals surface area contributed by atoms with Crippen molar-refractivity contribution in [3.8, 4) is 0 Å². The Bertz CT molecular complexity index is 666. The predicted octanol–water partition coefficient (Wildman–Crippen LogP) is 3.73. The maximum Gasteiger partial charge on any atom is 0.339 e. The van der Waals surface area contributed by atoms with Crippen LogP contribution in [0.4, 0.5) is 5.82 Å². The van der Waals surface area contributed by atoms with E-state index >= 15 is 0 Å². The van der Waals surface area contributed by atoms with Crippen molar-refractivity contribution < 1.29 is 9.53 Å². The molecule has 2 aromatic heterocycles. The number of anilines is 1. The molecule has 1 aliphatic carbocycles. The Kier molecular flexibility index (Phi) is 3.92. The van der Waals surface area contributed by atoms with Crippen LogP contribution in [0.5, 0.6) is 0 Å². The summed E-state index contributed by atoms with van der Waals surface area (Å²) in [5, 5.41) is 5.65. The fraction of sp³-hybridized carbons (Fsp3) is 0.375. The summed E-state index contributed by atoms with van der Waals surface area (Å²) in [6.07, 6.45) is 3.49. The number of rotatable bonds is 3. The van der Waals surface area contributed by atoms with Crippen molar-refractivity contribution in [2.24, 2.45) is 0 Å². The molecule has 5 heteroatoms. The predicted molar refractivity (Wildman–Crippen MR) is 83.9 cm³/mol. The number of aryl methyl sites for hydroxylation is 2. The summed E-state index contributed by atoms with van der Waals surface area (Å²) >= 11 is 1.83. The number of esters is 1. The number of nitrogens with one attached hydrogen (secondary N) is 1. The van der Waals surface area contributed by atoms with Gasteiger partial charge in [0.1, 0.15) is 5.82 Å². The molecule has 110 valence electrons. The normalized spacial score (nSPS) is 17.1. The number of aromatic nitrogens is 1. The Labute approximate surface area is 128 Å². The number of methoxy groups -OCH3 is 1. The third-order valence-corrected chi connectivity index (χ3v) is 4.86. The van der Waals surface area contributed by atoms with Gasteiger partial charge in [0.25, 0.3) is 0 Å². The molecule has 0 amide bonds. The number of ether oxygens (including phenoxy) is 1. The van der Waals surface area contributed by atoms with Crippen LogP contribution in [0.15, 0.2) is 23.6 Å². The average Bonchev–Trinajstić information content (AvgIpc) is 2.96. The lowest BCUT2D eigenvalue weighted by atomic mass is 9.94. The van der Waals surface area contributed by atoms with Crippen LogP contribution in [0.25, 0.3) is 0 Å². The Morgan fingerprint density at radius 2 is 2.29 bits per heavy atom. The van der Waals surface area contributed by atoms with Gasteiger partial charge in [0.05, 0.1) is 24.4 Å². The molecule has 1 N–H and O–H groups in total. The minimum atomic E-state index is -0.343. The van der Waals surface area contributed by atoms with Crippen LogP contribution in [0, 0.1) is 6.92 Å². The molecule has 2 aromatic rings. The van der Waals surface area contributed by atoms with E-state index in [1.165, 1.54) is 30.4 Å². The maximum absolute atomic E-state index is 11.6. The fourth-order valence-corrected chi connectivity index (χ4v) is 3.77. The Balaban J connectivity index is 1.81. The van der Waals surface area contributed by atoms with Gasteiger partial charge in [-0.25, -0.2) is 9.78 Å². The van der Waals surface area contributed by atoms with E-state index in [0.717, 1.165) is 12.2 Å². The van der Waals surface area contributed by atoms with E-state index < -0.39 is 0 Å². The van der Waals surface area contributed by atoms with Crippen LogP contribution in [0.2, 0.25) is 0 Å². The number of carbonyl (C=O) groups is 1. The molecule has 21 heavy (non-hydrogen) atoms. The number of hydrogen-bond acceptors (Lipinski definition) is 5. The van der Waals surface area contributed by atoms with Gasteiger partial charge in [-0.2, -0.15) is 0 Å². The van der Waals surface area contributed by atoms with Crippen molar-refractivity contribution in [2.75, 3.05) is 12.4 Å². The van der Waals surface area contributed by atoms with Gasteiger partial charge in [0.15, 0.2) is 0 Å². The molecule has 0 saturated heterocycles. The van der Waals surface area contributed by atoms with E-state index in [2.05, 4.69) is 21.7 Å². The lowest BCUT2D eigenvalue weighted by Gasteiger charge is -2.24. The smallest absolute Gasteiger partial charge is 0.339 e. The van der Waals surface area contributed by atoms with Crippen LogP contribution < -0.4 is 5.32 Å². The molecule has 0 aliphatic heterocycles. The summed E-state index contributed by atoms with van der Waals surface area (Å²) in [6, 6.07) is 6.14. The molecule has 0 bridgehead atoms. The molecule has 0 radical (unpaired) electrons. The van der Waals surface area contributed by atoms with Crippen LogP contribution in [-0.4, -0.2) is 18.1 Å². The number of hydrogen-bond donors (Lipinski definition) is 1. The topological polar surface area (TPSA) is 51.2 Å². The Hall–Kier alpha value is -1.88. The highest BCUT2D eigenvalue weighted by Crippen LogP contribution is 2.35. The summed E-state index contributed by atoms with van der Waals surface area (Å²) in [4.78, 5) is 17.5. The number of nitrogens with zero attached hydrogens (tertiary/aromatic N) is 1. The standard InChI is InChI=1S/C16H18N2O2S/c1-10-11(16(19)20-2)6-7-15(17-10)18-13-4-3-5-14-12(13)8-9-21-14/h6-9,13H,3-5H2,1-2H3,(H,17,18). The first-order valence-electron chi connectivity index (χ1n) is 7.08. The first-order chi connectivity index (χ1) is 10.2. The van der Waals surface area contributed by atoms with Crippen LogP contribution in [0.1, 0.15) is 45.4 Å². The van der Waals surface area contributed by atoms with Gasteiger partial charge < -0.3 is 10.1 Å². The summed E-state index contributed by atoms with van der Waals surface area (Å²) in [5.74, 6) is 0.466. The summed E-state index contributed by atoms with van der Waals surface area (Å²) in [7, 11) is 1.38. The van der Waals surface area contributed by atoms with Crippen molar-refractivity contribution in [1.82, 2.24) is 4.98 Å². The number of carbonyl (C=O) groups excluding carboxylic acids is 1. The zero-order valence-electron chi connectivity index (χ0n) is 12.2. The third kappa shape index (κ3) is 2.78. The maximum atomic E-state index is 11.6. The van der Waals surface area contributed by atoms with Crippen LogP contribution >= 0.6 is 11.3 Å². The van der Waals surface area contributed by atoms with Gasteiger partial charge in [-0.3, -0.25) is 0 Å². The van der Waals surface area contributed by atoms with Gasteiger partial charge >= 0.3 is 5.97 Å². The molecule has 1 atom stereocenters. The van der Waals surface area contributed by atoms with Crippen LogP contribution in [-0.2, 0) is 11.2 Å². The molecular formula is C16H18N2O2S. The second-order valence-corrected chi connectivity index (χ2v) is 6.21. The average molecular weight is 302 g/mol. The SMILES string of the molecule is COC(=O)c1ccc(NC2CCCc3sccc32)nc1C. The molecule has 0 fully saturated rings. The van der Waals surface area contributed by atoms with E-state index in [4.69, 9.17) is 4.74 Å². The highest BCUT2D eigenvalue weighted by Gasteiger charge is 2.21. The first-order valence-corrected chi connectivity index (χ1v) is 7.96. The van der Waals surface area contributed by atoms with Crippen molar-refractivity contribution in [3.63, 3.8) is 0 Å². The second kappa shape index (κ2) is 5.85. The molecule has 0 spiro atoms. The third-order valence-electron chi connectivity index (χ3n) is 3.87. The van der Waals surface area contributed by atoms with E-state index in [0.29, 0.717) is 17.3 Å². The highest BCUT2D eigenvalue weighted by atomic mass is 32.1. The van der Waals surface area contributed by atoms with Crippen molar-refractivity contribution in [3.05, 3.63) is 45.3 Å². The van der Waals surface area contributed by atoms with Crippen molar-refractivity contribution in [2.45, 2.75) is 32.2 Å². The minimum Gasteiger partial charge on any atom is -0.465 e. The minimum absolute atomic E-state index is 0.316. The molecule has 2 heterocycles. The van der Waals surface area contributed by atoms with E-state index in [9.17, 15) is 4.79 Å². The Morgan fingerprint density at radius 1 is 1.43 bits per heavy atom. The van der Waals surface area contributed by atoms with Crippen molar-refractivity contribution in [1.29, 1.82) is 0 Å². The number of pyridine rings is 1. The largest absolute Gasteiger partial charge is 0.465 e. The molecule has 1 aliphatic rings. The fourth-order valence-electron chi connectivity index (χ4n) is 2.78. The van der Waals surface area contributed by atoms with E-state index in [-0.39, 0.29) is 5.97 Å². The van der Waals surface area contributed by atoms with E-state index in [1.807, 2.05) is 24.3 Å². The lowest BCUT2D eigenvalue weighted by molar-refractivity contribution is 0.0599. The second-order valence-electron chi connectivity index (χ2n) is 5.21.